The summed E-state index contributed by atoms with van der Waals surface area (Å²) in [4.78, 5) is 38.2. The van der Waals surface area contributed by atoms with Gasteiger partial charge in [0.15, 0.2) is 6.10 Å². The molecule has 0 aliphatic rings. The van der Waals surface area contributed by atoms with Gasteiger partial charge in [-0.1, -0.05) is 256 Å². The summed E-state index contributed by atoms with van der Waals surface area (Å²) in [7, 11) is 0. The summed E-state index contributed by atoms with van der Waals surface area (Å²) >= 11 is 0. The number of hydrogen-bond acceptors (Lipinski definition) is 6. The molecule has 0 radical (unpaired) electrons. The van der Waals surface area contributed by atoms with Crippen LogP contribution in [-0.4, -0.2) is 37.2 Å². The van der Waals surface area contributed by atoms with Crippen molar-refractivity contribution in [3.63, 3.8) is 0 Å². The zero-order chi connectivity index (χ0) is 54.3. The Morgan fingerprint density at radius 3 is 0.893 bits per heavy atom. The Labute approximate surface area is 460 Å². The lowest BCUT2D eigenvalue weighted by Crippen LogP contribution is -2.30. The van der Waals surface area contributed by atoms with Crippen molar-refractivity contribution in [2.45, 2.75) is 245 Å². The van der Waals surface area contributed by atoms with Crippen molar-refractivity contribution in [3.8, 4) is 0 Å². The minimum absolute atomic E-state index is 0.140. The molecule has 1 atom stereocenters. The number of ether oxygens (including phenoxy) is 3. The lowest BCUT2D eigenvalue weighted by molar-refractivity contribution is -0.166. The minimum Gasteiger partial charge on any atom is -0.462 e. The molecule has 420 valence electrons. The highest BCUT2D eigenvalue weighted by atomic mass is 16.6. The first-order chi connectivity index (χ1) is 37.0. The SMILES string of the molecule is CC/C=C\C/C=C\C/C=C\C/C=C\C/C=C\C/C=C\CCC(=O)OC[C@@H](COC(=O)CCCCCCCCC/C=C\CCCCCCCCCC)OC(=O)CC/C=C\C/C=C\C/C=C\C/C=C\C/C=C\C/C=C\CC. The van der Waals surface area contributed by atoms with E-state index < -0.39 is 12.1 Å². The second-order valence-electron chi connectivity index (χ2n) is 19.1. The van der Waals surface area contributed by atoms with Crippen LogP contribution in [0.25, 0.3) is 0 Å². The van der Waals surface area contributed by atoms with E-state index in [1.807, 2.05) is 24.3 Å². The Balaban J connectivity index is 4.63. The standard InChI is InChI=1S/C69H108O6/c1-4-7-10-13-16-19-22-25-28-31-34-37-40-43-46-49-52-55-58-61-67(70)73-64-66(75-69(72)63-60-57-54-51-48-45-42-39-36-33-30-27-24-21-18-15-12-9-6-3)65-74-68(71)62-59-56-53-50-47-44-41-38-35-32-29-26-23-20-17-14-11-8-5-2/h7,9-10,12,16,18-19,21,25,27-28,30,32,34-37,39,43,45-46,48,52,54-55,57,66H,4-6,8,11,13-15,17,20,22-24,26,29,31,33,38,40-42,44,47,49-51,53,56,58-65H2,1-3H3/b10-7-,12-9-,19-16-,21-18-,28-25-,30-27-,35-32-,37-34-,39-36-,46-43-,48-45-,55-52-,57-54-/t66-/m0/s1. The lowest BCUT2D eigenvalue weighted by Gasteiger charge is -2.18. The van der Waals surface area contributed by atoms with Gasteiger partial charge < -0.3 is 14.2 Å². The highest BCUT2D eigenvalue weighted by Crippen LogP contribution is 2.13. The van der Waals surface area contributed by atoms with E-state index in [2.05, 4.69) is 154 Å². The minimum atomic E-state index is -0.860. The highest BCUT2D eigenvalue weighted by Gasteiger charge is 2.19. The molecule has 0 aliphatic heterocycles. The van der Waals surface area contributed by atoms with Gasteiger partial charge in [0.05, 0.1) is 0 Å². The van der Waals surface area contributed by atoms with E-state index in [1.54, 1.807) is 0 Å². The molecule has 0 saturated carbocycles. The number of esters is 3. The molecule has 0 aliphatic carbocycles. The van der Waals surface area contributed by atoms with Crippen molar-refractivity contribution in [1.82, 2.24) is 0 Å². The number of rotatable bonds is 52. The summed E-state index contributed by atoms with van der Waals surface area (Å²) in [6.45, 7) is 6.27. The van der Waals surface area contributed by atoms with Gasteiger partial charge in [-0.3, -0.25) is 14.4 Å². The first kappa shape index (κ1) is 70.0. The van der Waals surface area contributed by atoms with Crippen molar-refractivity contribution in [1.29, 1.82) is 0 Å². The number of hydrogen-bond donors (Lipinski definition) is 0. The van der Waals surface area contributed by atoms with Gasteiger partial charge in [-0.2, -0.15) is 0 Å². The summed E-state index contributed by atoms with van der Waals surface area (Å²) in [5.41, 5.74) is 0. The van der Waals surface area contributed by atoms with E-state index in [0.29, 0.717) is 19.3 Å². The predicted molar refractivity (Wildman–Crippen MR) is 325 cm³/mol. The molecule has 0 aromatic heterocycles. The fourth-order valence-corrected chi connectivity index (χ4v) is 7.61. The molecule has 0 amide bonds. The first-order valence-electron chi connectivity index (χ1n) is 30.0. The predicted octanol–water partition coefficient (Wildman–Crippen LogP) is 20.5. The van der Waals surface area contributed by atoms with E-state index in [9.17, 15) is 14.4 Å². The fourth-order valence-electron chi connectivity index (χ4n) is 7.61. The van der Waals surface area contributed by atoms with E-state index in [0.717, 1.165) is 96.3 Å². The summed E-state index contributed by atoms with van der Waals surface area (Å²) in [6, 6.07) is 0. The van der Waals surface area contributed by atoms with Gasteiger partial charge in [0, 0.05) is 19.3 Å². The molecular formula is C69H108O6. The summed E-state index contributed by atoms with van der Waals surface area (Å²) in [5, 5.41) is 0. The van der Waals surface area contributed by atoms with Crippen molar-refractivity contribution < 1.29 is 28.6 Å². The quantitative estimate of drug-likeness (QED) is 0.0261. The molecule has 0 heterocycles. The molecule has 0 N–H and O–H groups in total. The maximum absolute atomic E-state index is 12.8. The molecular weight excluding hydrogens is 925 g/mol. The van der Waals surface area contributed by atoms with Crippen LogP contribution in [0.4, 0.5) is 0 Å². The zero-order valence-corrected chi connectivity index (χ0v) is 48.0. The van der Waals surface area contributed by atoms with Gasteiger partial charge in [0.1, 0.15) is 13.2 Å². The number of carbonyl (C=O) groups excluding carboxylic acids is 3. The molecule has 0 saturated heterocycles. The number of unbranched alkanes of at least 4 members (excludes halogenated alkanes) is 15. The molecule has 0 unspecified atom stereocenters. The molecule has 0 aromatic carbocycles. The second-order valence-corrected chi connectivity index (χ2v) is 19.1. The van der Waals surface area contributed by atoms with Gasteiger partial charge >= 0.3 is 17.9 Å². The molecule has 6 heteroatoms. The van der Waals surface area contributed by atoms with Gasteiger partial charge in [0.25, 0.3) is 0 Å². The first-order valence-corrected chi connectivity index (χ1v) is 30.0. The van der Waals surface area contributed by atoms with Crippen LogP contribution < -0.4 is 0 Å². The highest BCUT2D eigenvalue weighted by molar-refractivity contribution is 5.71. The lowest BCUT2D eigenvalue weighted by atomic mass is 10.1. The van der Waals surface area contributed by atoms with Crippen LogP contribution in [0, 0.1) is 0 Å². The third kappa shape index (κ3) is 59.8. The van der Waals surface area contributed by atoms with Gasteiger partial charge in [-0.05, 0) is 122 Å². The van der Waals surface area contributed by atoms with Gasteiger partial charge in [-0.25, -0.2) is 0 Å². The summed E-state index contributed by atoms with van der Waals surface area (Å²) < 4.78 is 16.7. The molecule has 0 fully saturated rings. The Bertz CT molecular complexity index is 1710. The van der Waals surface area contributed by atoms with Crippen molar-refractivity contribution in [3.05, 3.63) is 158 Å². The van der Waals surface area contributed by atoms with Crippen molar-refractivity contribution >= 4 is 17.9 Å². The average molecular weight is 1030 g/mol. The molecule has 0 aromatic rings. The summed E-state index contributed by atoms with van der Waals surface area (Å²) in [6.07, 6.45) is 89.8. The van der Waals surface area contributed by atoms with Gasteiger partial charge in [-0.15, -0.1) is 0 Å². The van der Waals surface area contributed by atoms with E-state index in [1.165, 1.54) is 89.9 Å². The Kier molecular flexibility index (Phi) is 57.5. The smallest absolute Gasteiger partial charge is 0.306 e. The fraction of sp³-hybridized carbons (Fsp3) is 0.580. The van der Waals surface area contributed by atoms with E-state index in [4.69, 9.17) is 14.2 Å². The topological polar surface area (TPSA) is 78.9 Å². The van der Waals surface area contributed by atoms with Crippen LogP contribution >= 0.6 is 0 Å². The third-order valence-corrected chi connectivity index (χ3v) is 12.0. The van der Waals surface area contributed by atoms with Crippen LogP contribution in [0.3, 0.4) is 0 Å². The Morgan fingerprint density at radius 1 is 0.280 bits per heavy atom. The molecule has 75 heavy (non-hydrogen) atoms. The maximum atomic E-state index is 12.8. The molecule has 0 spiro atoms. The van der Waals surface area contributed by atoms with Gasteiger partial charge in [0.2, 0.25) is 0 Å². The zero-order valence-electron chi connectivity index (χ0n) is 48.0. The molecule has 0 rings (SSSR count). The van der Waals surface area contributed by atoms with Crippen molar-refractivity contribution in [2.24, 2.45) is 0 Å². The number of carbonyl (C=O) groups is 3. The van der Waals surface area contributed by atoms with Crippen LogP contribution in [-0.2, 0) is 28.6 Å². The monoisotopic (exact) mass is 1030 g/mol. The van der Waals surface area contributed by atoms with Crippen molar-refractivity contribution in [2.75, 3.05) is 13.2 Å². The van der Waals surface area contributed by atoms with Crippen LogP contribution in [0.2, 0.25) is 0 Å². The average Bonchev–Trinajstić information content (AvgIpc) is 3.41. The van der Waals surface area contributed by atoms with Crippen LogP contribution in [0.5, 0.6) is 0 Å². The maximum Gasteiger partial charge on any atom is 0.306 e. The summed E-state index contributed by atoms with van der Waals surface area (Å²) in [5.74, 6) is -1.12. The largest absolute Gasteiger partial charge is 0.462 e. The number of allylic oxidation sites excluding steroid dienone is 26. The van der Waals surface area contributed by atoms with E-state index >= 15 is 0 Å². The molecule has 6 nitrogen and oxygen atoms in total. The van der Waals surface area contributed by atoms with Crippen LogP contribution in [0.15, 0.2) is 158 Å². The third-order valence-electron chi connectivity index (χ3n) is 12.0. The van der Waals surface area contributed by atoms with E-state index in [-0.39, 0.29) is 38.0 Å². The molecule has 0 bridgehead atoms. The normalized spacial score (nSPS) is 13.3. The second kappa shape index (κ2) is 61.6. The Morgan fingerprint density at radius 2 is 0.547 bits per heavy atom. The Hall–Kier alpha value is -4.97. The van der Waals surface area contributed by atoms with Crippen LogP contribution in [0.1, 0.15) is 239 Å².